The number of thioether (sulfide) groups is 1. The van der Waals surface area contributed by atoms with Crippen LogP contribution in [0.25, 0.3) is 0 Å². The van der Waals surface area contributed by atoms with Crippen LogP contribution in [0.4, 0.5) is 0 Å². The van der Waals surface area contributed by atoms with Crippen molar-refractivity contribution in [1.82, 2.24) is 19.3 Å². The Balaban J connectivity index is 2.18. The second-order valence-corrected chi connectivity index (χ2v) is 5.46. The van der Waals surface area contributed by atoms with Crippen molar-refractivity contribution < 1.29 is 9.90 Å². The Labute approximate surface area is 121 Å². The average molecular weight is 294 g/mol. The van der Waals surface area contributed by atoms with Crippen molar-refractivity contribution >= 4 is 17.7 Å². The van der Waals surface area contributed by atoms with Gasteiger partial charge in [-0.2, -0.15) is 5.10 Å². The summed E-state index contributed by atoms with van der Waals surface area (Å²) >= 11 is 1.25. The van der Waals surface area contributed by atoms with Gasteiger partial charge in [0.15, 0.2) is 5.16 Å². The number of carboxylic acid groups (broad SMARTS) is 1. The number of aryl methyl sites for hydroxylation is 1. The smallest absolute Gasteiger partial charge is 0.313 e. The Morgan fingerprint density at radius 3 is 2.95 bits per heavy atom. The lowest BCUT2D eigenvalue weighted by Gasteiger charge is -2.18. The molecule has 7 heteroatoms. The highest BCUT2D eigenvalue weighted by Gasteiger charge is 2.16. The maximum atomic E-state index is 10.7. The predicted octanol–water partition coefficient (Wildman–Crippen LogP) is 2.08. The largest absolute Gasteiger partial charge is 0.481 e. The third kappa shape index (κ3) is 3.41. The maximum Gasteiger partial charge on any atom is 0.313 e. The van der Waals surface area contributed by atoms with Gasteiger partial charge in [-0.05, 0) is 19.4 Å². The van der Waals surface area contributed by atoms with Crippen LogP contribution >= 0.6 is 11.8 Å². The van der Waals surface area contributed by atoms with Crippen molar-refractivity contribution in [2.24, 2.45) is 0 Å². The molecule has 2 rings (SSSR count). The minimum absolute atomic E-state index is 0.0225. The van der Waals surface area contributed by atoms with Gasteiger partial charge >= 0.3 is 5.97 Å². The van der Waals surface area contributed by atoms with E-state index in [4.69, 9.17) is 5.11 Å². The van der Waals surface area contributed by atoms with Gasteiger partial charge < -0.3 is 9.67 Å². The molecule has 0 amide bonds. The second kappa shape index (κ2) is 6.60. The summed E-state index contributed by atoms with van der Waals surface area (Å²) in [5.41, 5.74) is 1.11. The molecule has 0 aliphatic heterocycles. The van der Waals surface area contributed by atoms with Gasteiger partial charge in [0.2, 0.25) is 0 Å². The van der Waals surface area contributed by atoms with E-state index < -0.39 is 5.97 Å². The third-order valence-corrected chi connectivity index (χ3v) is 3.93. The van der Waals surface area contributed by atoms with Crippen LogP contribution in [0.5, 0.6) is 0 Å². The highest BCUT2D eigenvalue weighted by atomic mass is 32.2. The average Bonchev–Trinajstić information content (AvgIpc) is 3.04. The Morgan fingerprint density at radius 2 is 2.35 bits per heavy atom. The van der Waals surface area contributed by atoms with Gasteiger partial charge in [0, 0.05) is 24.3 Å². The molecule has 1 unspecified atom stereocenters. The van der Waals surface area contributed by atoms with Crippen LogP contribution in [-0.4, -0.2) is 36.2 Å². The van der Waals surface area contributed by atoms with Crippen LogP contribution in [0, 0.1) is 0 Å². The Morgan fingerprint density at radius 1 is 1.55 bits per heavy atom. The number of hydrogen-bond acceptors (Lipinski definition) is 4. The number of carbonyl (C=O) groups is 1. The van der Waals surface area contributed by atoms with Gasteiger partial charge in [-0.1, -0.05) is 18.7 Å². The standard InChI is InChI=1S/C13H18N4O2S/c1-3-11-7-14-13(20-9-12(18)19)17(11)10(2)8-16-6-4-5-15-16/h4-7,10H,3,8-9H2,1-2H3,(H,18,19). The number of nitrogens with zero attached hydrogens (tertiary/aromatic N) is 4. The van der Waals surface area contributed by atoms with Crippen LogP contribution in [-0.2, 0) is 17.8 Å². The topological polar surface area (TPSA) is 72.9 Å². The van der Waals surface area contributed by atoms with Crippen molar-refractivity contribution in [3.05, 3.63) is 30.4 Å². The van der Waals surface area contributed by atoms with Crippen LogP contribution in [0.2, 0.25) is 0 Å². The molecule has 1 N–H and O–H groups in total. The van der Waals surface area contributed by atoms with E-state index in [1.54, 1.807) is 6.20 Å². The molecule has 0 aliphatic carbocycles. The van der Waals surface area contributed by atoms with Crippen LogP contribution in [0.1, 0.15) is 25.6 Å². The highest BCUT2D eigenvalue weighted by molar-refractivity contribution is 7.99. The van der Waals surface area contributed by atoms with Gasteiger partial charge in [0.1, 0.15) is 0 Å². The minimum Gasteiger partial charge on any atom is -0.481 e. The molecule has 0 fully saturated rings. The Bertz CT molecular complexity index is 565. The lowest BCUT2D eigenvalue weighted by atomic mass is 10.3. The summed E-state index contributed by atoms with van der Waals surface area (Å²) < 4.78 is 3.98. The molecule has 0 spiro atoms. The molecule has 1 atom stereocenters. The molecule has 20 heavy (non-hydrogen) atoms. The van der Waals surface area contributed by atoms with Crippen LogP contribution < -0.4 is 0 Å². The molecule has 0 aromatic carbocycles. The maximum absolute atomic E-state index is 10.7. The summed E-state index contributed by atoms with van der Waals surface area (Å²) in [6.07, 6.45) is 6.36. The molecular weight excluding hydrogens is 276 g/mol. The molecule has 0 saturated carbocycles. The normalized spacial score (nSPS) is 12.5. The van der Waals surface area contributed by atoms with E-state index in [9.17, 15) is 4.79 Å². The van der Waals surface area contributed by atoms with E-state index >= 15 is 0 Å². The summed E-state index contributed by atoms with van der Waals surface area (Å²) in [7, 11) is 0. The third-order valence-electron chi connectivity index (χ3n) is 2.98. The fraction of sp³-hybridized carbons (Fsp3) is 0.462. The quantitative estimate of drug-likeness (QED) is 0.791. The van der Waals surface area contributed by atoms with Crippen LogP contribution in [0.3, 0.4) is 0 Å². The van der Waals surface area contributed by atoms with E-state index in [2.05, 4.69) is 28.5 Å². The molecule has 0 aliphatic rings. The molecular formula is C13H18N4O2S. The van der Waals surface area contributed by atoms with Gasteiger partial charge in [-0.25, -0.2) is 4.98 Å². The van der Waals surface area contributed by atoms with Crippen LogP contribution in [0.15, 0.2) is 29.8 Å². The molecule has 6 nitrogen and oxygen atoms in total. The Kier molecular flexibility index (Phi) is 4.84. The molecule has 0 saturated heterocycles. The summed E-state index contributed by atoms with van der Waals surface area (Å²) in [4.78, 5) is 15.1. The molecule has 108 valence electrons. The van der Waals surface area contributed by atoms with Crippen molar-refractivity contribution in [3.63, 3.8) is 0 Å². The van der Waals surface area contributed by atoms with E-state index in [1.165, 1.54) is 11.8 Å². The monoisotopic (exact) mass is 294 g/mol. The number of aliphatic carboxylic acids is 1. The SMILES string of the molecule is CCc1cnc(SCC(=O)O)n1C(C)Cn1cccn1. The fourth-order valence-corrected chi connectivity index (χ4v) is 2.92. The zero-order valence-electron chi connectivity index (χ0n) is 11.6. The first-order chi connectivity index (χ1) is 9.61. The minimum atomic E-state index is -0.831. The first-order valence-corrected chi connectivity index (χ1v) is 7.48. The second-order valence-electron chi connectivity index (χ2n) is 4.52. The zero-order chi connectivity index (χ0) is 14.5. The summed E-state index contributed by atoms with van der Waals surface area (Å²) in [5, 5.41) is 13.8. The lowest BCUT2D eigenvalue weighted by Crippen LogP contribution is -2.16. The number of aromatic nitrogens is 4. The molecule has 2 aromatic rings. The van der Waals surface area contributed by atoms with Gasteiger partial charge in [-0.3, -0.25) is 9.48 Å². The van der Waals surface area contributed by atoms with E-state index in [0.29, 0.717) is 0 Å². The van der Waals surface area contributed by atoms with E-state index in [1.807, 2.05) is 23.1 Å². The molecule has 2 aromatic heterocycles. The number of hydrogen-bond donors (Lipinski definition) is 1. The predicted molar refractivity (Wildman–Crippen MR) is 76.9 cm³/mol. The molecule has 0 bridgehead atoms. The van der Waals surface area contributed by atoms with E-state index in [-0.39, 0.29) is 11.8 Å². The highest BCUT2D eigenvalue weighted by Crippen LogP contribution is 2.24. The summed E-state index contributed by atoms with van der Waals surface area (Å²) in [6.45, 7) is 4.89. The lowest BCUT2D eigenvalue weighted by molar-refractivity contribution is -0.133. The van der Waals surface area contributed by atoms with Crippen molar-refractivity contribution in [2.45, 2.75) is 38.0 Å². The first kappa shape index (κ1) is 14.6. The van der Waals surface area contributed by atoms with Crippen molar-refractivity contribution in [1.29, 1.82) is 0 Å². The van der Waals surface area contributed by atoms with Gasteiger partial charge in [0.05, 0.1) is 18.3 Å². The van der Waals surface area contributed by atoms with Gasteiger partial charge in [0.25, 0.3) is 0 Å². The number of imidazole rings is 1. The van der Waals surface area contributed by atoms with Crippen molar-refractivity contribution in [2.75, 3.05) is 5.75 Å². The van der Waals surface area contributed by atoms with Crippen molar-refractivity contribution in [3.8, 4) is 0 Å². The number of rotatable bonds is 7. The molecule has 0 radical (unpaired) electrons. The Hall–Kier alpha value is -1.76. The number of carboxylic acids is 1. The fourth-order valence-electron chi connectivity index (χ4n) is 2.10. The molecule has 2 heterocycles. The zero-order valence-corrected chi connectivity index (χ0v) is 12.4. The summed E-state index contributed by atoms with van der Waals surface area (Å²) in [6, 6.07) is 2.06. The first-order valence-electron chi connectivity index (χ1n) is 6.50. The van der Waals surface area contributed by atoms with Gasteiger partial charge in [-0.15, -0.1) is 0 Å². The van der Waals surface area contributed by atoms with E-state index in [0.717, 1.165) is 23.8 Å². The summed E-state index contributed by atoms with van der Waals surface area (Å²) in [5.74, 6) is -0.809.